The second kappa shape index (κ2) is 2.79. The molecule has 0 N–H and O–H groups in total. The van der Waals surface area contributed by atoms with Crippen molar-refractivity contribution in [2.75, 3.05) is 0 Å². The van der Waals surface area contributed by atoms with Crippen molar-refractivity contribution in [1.29, 1.82) is 0 Å². The molecule has 0 saturated carbocycles. The van der Waals surface area contributed by atoms with Gasteiger partial charge in [0.15, 0.2) is 0 Å². The van der Waals surface area contributed by atoms with Crippen LogP contribution in [-0.2, 0) is 7.05 Å². The van der Waals surface area contributed by atoms with Gasteiger partial charge in [-0.05, 0) is 34.1 Å². The molecule has 2 rings (SSSR count). The summed E-state index contributed by atoms with van der Waals surface area (Å²) in [6.07, 6.45) is 2.02. The van der Waals surface area contributed by atoms with Gasteiger partial charge in [0.1, 0.15) is 0 Å². The van der Waals surface area contributed by atoms with Crippen molar-refractivity contribution >= 4 is 38.4 Å². The molecule has 0 spiro atoms. The van der Waals surface area contributed by atoms with Gasteiger partial charge < -0.3 is 4.57 Å². The Balaban J connectivity index is 2.87. The Bertz CT molecular complexity index is 433. The topological polar surface area (TPSA) is 4.93 Å². The summed E-state index contributed by atoms with van der Waals surface area (Å²) in [5.41, 5.74) is 1.16. The maximum atomic E-state index is 5.96. The van der Waals surface area contributed by atoms with E-state index in [1.165, 1.54) is 5.39 Å². The lowest BCUT2D eigenvalue weighted by Gasteiger charge is -1.98. The van der Waals surface area contributed by atoms with Crippen LogP contribution in [-0.4, -0.2) is 4.57 Å². The number of benzene rings is 1. The van der Waals surface area contributed by atoms with Gasteiger partial charge in [0.2, 0.25) is 0 Å². The summed E-state index contributed by atoms with van der Waals surface area (Å²) >= 11 is 9.34. The number of rotatable bonds is 0. The number of halogens is 2. The molecule has 0 aliphatic rings. The molecule has 1 aromatic heterocycles. The summed E-state index contributed by atoms with van der Waals surface area (Å²) in [6.45, 7) is 0. The molecule has 0 atom stereocenters. The third kappa shape index (κ3) is 1.15. The first kappa shape index (κ1) is 8.14. The maximum Gasteiger partial charge on any atom is 0.0569 e. The molecule has 1 heterocycles. The smallest absolute Gasteiger partial charge is 0.0569 e. The van der Waals surface area contributed by atoms with Gasteiger partial charge in [-0.3, -0.25) is 0 Å². The van der Waals surface area contributed by atoms with E-state index in [0.717, 1.165) is 15.0 Å². The molecule has 0 radical (unpaired) electrons. The fraction of sp³-hybridized carbons (Fsp3) is 0.111. The third-order valence-corrected chi connectivity index (χ3v) is 3.12. The molecule has 0 aliphatic carbocycles. The molecule has 1 nitrogen and oxygen atoms in total. The van der Waals surface area contributed by atoms with E-state index in [1.54, 1.807) is 0 Å². The first-order chi connectivity index (χ1) is 5.68. The molecule has 0 saturated heterocycles. The van der Waals surface area contributed by atoms with E-state index in [1.807, 2.05) is 29.9 Å². The molecule has 0 amide bonds. The largest absolute Gasteiger partial charge is 0.351 e. The van der Waals surface area contributed by atoms with Crippen LogP contribution in [0.25, 0.3) is 10.9 Å². The van der Waals surface area contributed by atoms with Crippen molar-refractivity contribution in [1.82, 2.24) is 4.57 Å². The molecular formula is C9H7BrClN. The van der Waals surface area contributed by atoms with Crippen molar-refractivity contribution in [3.05, 3.63) is 33.9 Å². The van der Waals surface area contributed by atoms with Crippen molar-refractivity contribution in [2.45, 2.75) is 0 Å². The second-order valence-corrected chi connectivity index (χ2v) is 4.01. The van der Waals surface area contributed by atoms with Crippen LogP contribution in [0.3, 0.4) is 0 Å². The van der Waals surface area contributed by atoms with Gasteiger partial charge in [0.05, 0.1) is 5.02 Å². The van der Waals surface area contributed by atoms with Gasteiger partial charge in [-0.1, -0.05) is 11.6 Å². The molecule has 0 bridgehead atoms. The molecule has 0 unspecified atom stereocenters. The Morgan fingerprint density at radius 1 is 1.42 bits per heavy atom. The molecule has 2 aromatic rings. The highest BCUT2D eigenvalue weighted by molar-refractivity contribution is 9.10. The van der Waals surface area contributed by atoms with Crippen molar-refractivity contribution in [3.63, 3.8) is 0 Å². The fourth-order valence-corrected chi connectivity index (χ4v) is 1.78. The SMILES string of the molecule is Cn1ccc2cc(Br)c(Cl)cc21. The Kier molecular flexibility index (Phi) is 1.89. The van der Waals surface area contributed by atoms with E-state index in [-0.39, 0.29) is 0 Å². The maximum absolute atomic E-state index is 5.96. The number of hydrogen-bond donors (Lipinski definition) is 0. The van der Waals surface area contributed by atoms with Crippen LogP contribution in [0.1, 0.15) is 0 Å². The highest BCUT2D eigenvalue weighted by Crippen LogP contribution is 2.28. The van der Waals surface area contributed by atoms with E-state index in [0.29, 0.717) is 0 Å². The average molecular weight is 245 g/mol. The summed E-state index contributed by atoms with van der Waals surface area (Å²) in [5.74, 6) is 0. The summed E-state index contributed by atoms with van der Waals surface area (Å²) in [7, 11) is 2.01. The lowest BCUT2D eigenvalue weighted by atomic mass is 10.2. The minimum atomic E-state index is 0.754. The molecular weight excluding hydrogens is 237 g/mol. The predicted molar refractivity (Wildman–Crippen MR) is 55.6 cm³/mol. The van der Waals surface area contributed by atoms with Gasteiger partial charge in [-0.25, -0.2) is 0 Å². The Morgan fingerprint density at radius 3 is 2.92 bits per heavy atom. The number of hydrogen-bond acceptors (Lipinski definition) is 0. The minimum Gasteiger partial charge on any atom is -0.351 e. The number of fused-ring (bicyclic) bond motifs is 1. The normalized spacial score (nSPS) is 10.9. The summed E-state index contributed by atoms with van der Waals surface area (Å²) in [5, 5.41) is 1.96. The van der Waals surface area contributed by atoms with Crippen LogP contribution < -0.4 is 0 Å². The zero-order valence-electron chi connectivity index (χ0n) is 6.51. The average Bonchev–Trinajstić information content (AvgIpc) is 2.35. The molecule has 1 aromatic carbocycles. The van der Waals surface area contributed by atoms with Gasteiger partial charge in [-0.15, -0.1) is 0 Å². The first-order valence-corrected chi connectivity index (χ1v) is 4.75. The summed E-state index contributed by atoms with van der Waals surface area (Å²) < 4.78 is 3.00. The Morgan fingerprint density at radius 2 is 2.17 bits per heavy atom. The van der Waals surface area contributed by atoms with Crippen LogP contribution in [0.5, 0.6) is 0 Å². The number of nitrogens with zero attached hydrogens (tertiary/aromatic N) is 1. The van der Waals surface area contributed by atoms with Crippen LogP contribution >= 0.6 is 27.5 Å². The zero-order chi connectivity index (χ0) is 8.72. The number of aromatic nitrogens is 1. The molecule has 12 heavy (non-hydrogen) atoms. The van der Waals surface area contributed by atoms with E-state index < -0.39 is 0 Å². The lowest BCUT2D eigenvalue weighted by molar-refractivity contribution is 0.969. The summed E-state index contributed by atoms with van der Waals surface area (Å²) in [6, 6.07) is 6.05. The molecule has 62 valence electrons. The van der Waals surface area contributed by atoms with Gasteiger partial charge in [0.25, 0.3) is 0 Å². The summed E-state index contributed by atoms with van der Waals surface area (Å²) in [4.78, 5) is 0. The standard InChI is InChI=1S/C9H7BrClN/c1-12-3-2-6-4-7(10)8(11)5-9(6)12/h2-5H,1H3. The van der Waals surface area contributed by atoms with Gasteiger partial charge in [0, 0.05) is 28.6 Å². The van der Waals surface area contributed by atoms with E-state index >= 15 is 0 Å². The fourth-order valence-electron chi connectivity index (χ4n) is 1.26. The van der Waals surface area contributed by atoms with Crippen molar-refractivity contribution in [2.24, 2.45) is 7.05 Å². The Hall–Kier alpha value is -0.470. The zero-order valence-corrected chi connectivity index (χ0v) is 8.85. The second-order valence-electron chi connectivity index (χ2n) is 2.75. The Labute approximate surface area is 84.1 Å². The van der Waals surface area contributed by atoms with Crippen LogP contribution in [0.15, 0.2) is 28.9 Å². The van der Waals surface area contributed by atoms with Crippen LogP contribution in [0.2, 0.25) is 5.02 Å². The van der Waals surface area contributed by atoms with Gasteiger partial charge >= 0.3 is 0 Å². The van der Waals surface area contributed by atoms with Crippen molar-refractivity contribution < 1.29 is 0 Å². The lowest BCUT2D eigenvalue weighted by Crippen LogP contribution is -1.83. The highest BCUT2D eigenvalue weighted by atomic mass is 79.9. The molecule has 0 aliphatic heterocycles. The third-order valence-electron chi connectivity index (χ3n) is 1.93. The van der Waals surface area contributed by atoms with E-state index in [2.05, 4.69) is 22.0 Å². The van der Waals surface area contributed by atoms with E-state index in [9.17, 15) is 0 Å². The van der Waals surface area contributed by atoms with Crippen molar-refractivity contribution in [3.8, 4) is 0 Å². The minimum absolute atomic E-state index is 0.754. The quantitative estimate of drug-likeness (QED) is 0.667. The molecule has 0 fully saturated rings. The first-order valence-electron chi connectivity index (χ1n) is 3.58. The predicted octanol–water partition coefficient (Wildman–Crippen LogP) is 3.59. The molecule has 3 heteroatoms. The number of aryl methyl sites for hydroxylation is 1. The van der Waals surface area contributed by atoms with Crippen LogP contribution in [0.4, 0.5) is 0 Å². The highest BCUT2D eigenvalue weighted by Gasteiger charge is 2.02. The monoisotopic (exact) mass is 243 g/mol. The van der Waals surface area contributed by atoms with Crippen LogP contribution in [0, 0.1) is 0 Å². The van der Waals surface area contributed by atoms with Gasteiger partial charge in [-0.2, -0.15) is 0 Å². The van der Waals surface area contributed by atoms with E-state index in [4.69, 9.17) is 11.6 Å².